The standard InChI is InChI=1S/C16H16N2O/c1-12-10-18-11-17-9-15(18)8-14(12)7-13-3-5-16(19-2)6-4-13/h3-6,8-11H,7H2,1-2H3. The SMILES string of the molecule is COc1ccc(Cc2cc3cncn3cc2C)cc1. The summed E-state index contributed by atoms with van der Waals surface area (Å²) in [6.07, 6.45) is 6.77. The summed E-state index contributed by atoms with van der Waals surface area (Å²) in [5.41, 5.74) is 5.03. The predicted molar refractivity (Wildman–Crippen MR) is 75.7 cm³/mol. The van der Waals surface area contributed by atoms with Crippen LogP contribution in [0.15, 0.2) is 49.1 Å². The van der Waals surface area contributed by atoms with Crippen molar-refractivity contribution in [3.63, 3.8) is 0 Å². The topological polar surface area (TPSA) is 26.5 Å². The van der Waals surface area contributed by atoms with Gasteiger partial charge in [0.05, 0.1) is 25.2 Å². The third-order valence-corrected chi connectivity index (χ3v) is 3.41. The van der Waals surface area contributed by atoms with Crippen molar-refractivity contribution < 1.29 is 4.74 Å². The molecule has 0 aliphatic carbocycles. The summed E-state index contributed by atoms with van der Waals surface area (Å²) in [5, 5.41) is 0. The minimum absolute atomic E-state index is 0.895. The Balaban J connectivity index is 1.92. The van der Waals surface area contributed by atoms with Crippen molar-refractivity contribution >= 4 is 5.52 Å². The molecule has 2 heterocycles. The summed E-state index contributed by atoms with van der Waals surface area (Å²) < 4.78 is 7.23. The molecule has 1 aromatic carbocycles. The van der Waals surface area contributed by atoms with Crippen molar-refractivity contribution in [2.45, 2.75) is 13.3 Å². The van der Waals surface area contributed by atoms with Gasteiger partial charge in [-0.15, -0.1) is 0 Å². The van der Waals surface area contributed by atoms with Crippen LogP contribution in [0.4, 0.5) is 0 Å². The fourth-order valence-corrected chi connectivity index (χ4v) is 2.27. The van der Waals surface area contributed by atoms with E-state index in [0.717, 1.165) is 17.7 Å². The highest BCUT2D eigenvalue weighted by Crippen LogP contribution is 2.18. The van der Waals surface area contributed by atoms with E-state index in [2.05, 4.69) is 36.3 Å². The van der Waals surface area contributed by atoms with Gasteiger partial charge in [-0.2, -0.15) is 0 Å². The number of benzene rings is 1. The maximum atomic E-state index is 5.18. The van der Waals surface area contributed by atoms with E-state index in [1.807, 2.05) is 29.1 Å². The molecule has 3 aromatic rings. The van der Waals surface area contributed by atoms with Crippen molar-refractivity contribution in [3.8, 4) is 5.75 Å². The smallest absolute Gasteiger partial charge is 0.118 e. The van der Waals surface area contributed by atoms with Crippen molar-refractivity contribution in [1.29, 1.82) is 0 Å². The summed E-state index contributed by atoms with van der Waals surface area (Å²) in [6.45, 7) is 2.14. The molecule has 0 unspecified atom stereocenters. The quantitative estimate of drug-likeness (QED) is 0.715. The van der Waals surface area contributed by atoms with E-state index in [4.69, 9.17) is 4.74 Å². The summed E-state index contributed by atoms with van der Waals surface area (Å²) in [5.74, 6) is 0.895. The lowest BCUT2D eigenvalue weighted by molar-refractivity contribution is 0.414. The van der Waals surface area contributed by atoms with Crippen LogP contribution in [0.2, 0.25) is 0 Å². The van der Waals surface area contributed by atoms with Crippen molar-refractivity contribution in [1.82, 2.24) is 9.38 Å². The van der Waals surface area contributed by atoms with Crippen molar-refractivity contribution in [2.75, 3.05) is 7.11 Å². The predicted octanol–water partition coefficient (Wildman–Crippen LogP) is 3.24. The third-order valence-electron chi connectivity index (χ3n) is 3.41. The number of fused-ring (bicyclic) bond motifs is 1. The lowest BCUT2D eigenvalue weighted by atomic mass is 10.0. The number of imidazole rings is 1. The second-order valence-electron chi connectivity index (χ2n) is 4.73. The summed E-state index contributed by atoms with van der Waals surface area (Å²) in [7, 11) is 1.69. The van der Waals surface area contributed by atoms with E-state index >= 15 is 0 Å². The fourth-order valence-electron chi connectivity index (χ4n) is 2.27. The van der Waals surface area contributed by atoms with Crippen molar-refractivity contribution in [3.05, 3.63) is 65.7 Å². The maximum Gasteiger partial charge on any atom is 0.118 e. The molecule has 0 aliphatic rings. The van der Waals surface area contributed by atoms with Crippen LogP contribution in [0, 0.1) is 6.92 Å². The van der Waals surface area contributed by atoms with E-state index in [-0.39, 0.29) is 0 Å². The highest BCUT2D eigenvalue weighted by atomic mass is 16.5. The lowest BCUT2D eigenvalue weighted by Gasteiger charge is -2.08. The molecule has 0 aliphatic heterocycles. The molecule has 3 nitrogen and oxygen atoms in total. The van der Waals surface area contributed by atoms with E-state index in [0.29, 0.717) is 0 Å². The van der Waals surface area contributed by atoms with Crippen LogP contribution < -0.4 is 4.74 Å². The maximum absolute atomic E-state index is 5.18. The molecule has 0 fully saturated rings. The molecular formula is C16H16N2O. The second-order valence-corrected chi connectivity index (χ2v) is 4.73. The summed E-state index contributed by atoms with van der Waals surface area (Å²) in [6, 6.07) is 10.4. The Labute approximate surface area is 112 Å². The number of methoxy groups -OCH3 is 1. The molecular weight excluding hydrogens is 236 g/mol. The molecule has 0 amide bonds. The van der Waals surface area contributed by atoms with Crippen LogP contribution in [0.25, 0.3) is 5.52 Å². The number of aryl methyl sites for hydroxylation is 1. The normalized spacial score (nSPS) is 10.8. The monoisotopic (exact) mass is 252 g/mol. The Hall–Kier alpha value is -2.29. The van der Waals surface area contributed by atoms with E-state index in [1.54, 1.807) is 7.11 Å². The van der Waals surface area contributed by atoms with Crippen LogP contribution in [0.5, 0.6) is 5.75 Å². The molecule has 2 aromatic heterocycles. The average molecular weight is 252 g/mol. The van der Waals surface area contributed by atoms with Crippen LogP contribution >= 0.6 is 0 Å². The molecule has 19 heavy (non-hydrogen) atoms. The van der Waals surface area contributed by atoms with Gasteiger partial charge in [-0.1, -0.05) is 12.1 Å². The first-order valence-electron chi connectivity index (χ1n) is 6.30. The Morgan fingerprint density at radius 1 is 1.21 bits per heavy atom. The third kappa shape index (κ3) is 2.32. The van der Waals surface area contributed by atoms with Gasteiger partial charge < -0.3 is 9.14 Å². The zero-order valence-corrected chi connectivity index (χ0v) is 11.1. The van der Waals surface area contributed by atoms with E-state index in [1.165, 1.54) is 16.7 Å². The molecule has 0 bridgehead atoms. The second kappa shape index (κ2) is 4.76. The largest absolute Gasteiger partial charge is 0.497 e. The zero-order valence-electron chi connectivity index (χ0n) is 11.1. The van der Waals surface area contributed by atoms with Crippen LogP contribution in [-0.4, -0.2) is 16.5 Å². The summed E-state index contributed by atoms with van der Waals surface area (Å²) >= 11 is 0. The molecule has 3 heteroatoms. The summed E-state index contributed by atoms with van der Waals surface area (Å²) in [4.78, 5) is 4.16. The zero-order chi connectivity index (χ0) is 13.2. The van der Waals surface area contributed by atoms with Crippen LogP contribution in [0.1, 0.15) is 16.7 Å². The molecule has 96 valence electrons. The number of rotatable bonds is 3. The number of hydrogen-bond donors (Lipinski definition) is 0. The van der Waals surface area contributed by atoms with Crippen LogP contribution in [0.3, 0.4) is 0 Å². The average Bonchev–Trinajstić information content (AvgIpc) is 2.87. The first-order valence-corrected chi connectivity index (χ1v) is 6.30. The molecule has 0 N–H and O–H groups in total. The molecule has 0 saturated heterocycles. The number of ether oxygens (including phenoxy) is 1. The molecule has 0 radical (unpaired) electrons. The molecule has 0 spiro atoms. The first kappa shape index (κ1) is 11.8. The lowest BCUT2D eigenvalue weighted by Crippen LogP contribution is -1.95. The first-order chi connectivity index (χ1) is 9.26. The van der Waals surface area contributed by atoms with Gasteiger partial charge in [0.2, 0.25) is 0 Å². The van der Waals surface area contributed by atoms with E-state index in [9.17, 15) is 0 Å². The van der Waals surface area contributed by atoms with Gasteiger partial charge in [0, 0.05) is 6.20 Å². The van der Waals surface area contributed by atoms with Gasteiger partial charge in [0.15, 0.2) is 0 Å². The fraction of sp³-hybridized carbons (Fsp3) is 0.188. The minimum atomic E-state index is 0.895. The van der Waals surface area contributed by atoms with Gasteiger partial charge in [-0.25, -0.2) is 4.98 Å². The van der Waals surface area contributed by atoms with E-state index < -0.39 is 0 Å². The van der Waals surface area contributed by atoms with Gasteiger partial charge in [-0.05, 0) is 48.2 Å². The van der Waals surface area contributed by atoms with Crippen LogP contribution in [-0.2, 0) is 6.42 Å². The Kier molecular flexibility index (Phi) is 2.95. The minimum Gasteiger partial charge on any atom is -0.497 e. The van der Waals surface area contributed by atoms with Gasteiger partial charge >= 0.3 is 0 Å². The number of pyridine rings is 1. The van der Waals surface area contributed by atoms with Gasteiger partial charge in [0.1, 0.15) is 5.75 Å². The molecule has 0 atom stereocenters. The number of hydrogen-bond acceptors (Lipinski definition) is 2. The van der Waals surface area contributed by atoms with Gasteiger partial charge in [-0.3, -0.25) is 0 Å². The molecule has 3 rings (SSSR count). The Bertz CT molecular complexity index is 698. The highest BCUT2D eigenvalue weighted by Gasteiger charge is 2.03. The number of nitrogens with zero attached hydrogens (tertiary/aromatic N) is 2. The molecule has 0 saturated carbocycles. The Morgan fingerprint density at radius 3 is 2.74 bits per heavy atom. The van der Waals surface area contributed by atoms with Gasteiger partial charge in [0.25, 0.3) is 0 Å². The highest BCUT2D eigenvalue weighted by molar-refractivity contribution is 5.50. The number of aromatic nitrogens is 2. The Morgan fingerprint density at radius 2 is 2.00 bits per heavy atom. The van der Waals surface area contributed by atoms with Crippen molar-refractivity contribution in [2.24, 2.45) is 0 Å².